The van der Waals surface area contributed by atoms with Crippen molar-refractivity contribution in [1.82, 2.24) is 14.7 Å². The molecule has 0 unspecified atom stereocenters. The summed E-state index contributed by atoms with van der Waals surface area (Å²) in [5.41, 5.74) is 1.44. The minimum absolute atomic E-state index is 0.0368. The van der Waals surface area contributed by atoms with E-state index in [1.54, 1.807) is 24.7 Å². The number of Topliss-reactive ketones (excluding diaryl/α,β-unsaturated/α-hetero) is 1. The number of ether oxygens (including phenoxy) is 2. The summed E-state index contributed by atoms with van der Waals surface area (Å²) in [4.78, 5) is 39.5. The van der Waals surface area contributed by atoms with Gasteiger partial charge in [-0.25, -0.2) is 4.68 Å². The molecular formula is C26H35N3O6. The van der Waals surface area contributed by atoms with Gasteiger partial charge in [0.15, 0.2) is 0 Å². The van der Waals surface area contributed by atoms with Gasteiger partial charge in [-0.1, -0.05) is 6.92 Å². The highest BCUT2D eigenvalue weighted by atomic mass is 16.5. The minimum Gasteiger partial charge on any atom is -0.506 e. The molecule has 0 bridgehead atoms. The number of amides is 1. The number of ketones is 1. The smallest absolute Gasteiger partial charge is 0.311 e. The van der Waals surface area contributed by atoms with Crippen LogP contribution in [0.1, 0.15) is 65.6 Å². The molecular weight excluding hydrogens is 450 g/mol. The summed E-state index contributed by atoms with van der Waals surface area (Å²) in [6.45, 7) is 14.3. The molecule has 190 valence electrons. The molecule has 0 saturated heterocycles. The van der Waals surface area contributed by atoms with Gasteiger partial charge in [0.05, 0.1) is 46.6 Å². The molecule has 1 aromatic rings. The van der Waals surface area contributed by atoms with Gasteiger partial charge in [0.25, 0.3) is 5.91 Å². The van der Waals surface area contributed by atoms with Crippen molar-refractivity contribution in [2.75, 3.05) is 19.8 Å². The fourth-order valence-corrected chi connectivity index (χ4v) is 4.02. The van der Waals surface area contributed by atoms with Gasteiger partial charge in [-0.3, -0.25) is 14.4 Å². The molecule has 0 radical (unpaired) electrons. The first-order valence-corrected chi connectivity index (χ1v) is 12.1. The molecule has 0 spiro atoms. The van der Waals surface area contributed by atoms with Crippen molar-refractivity contribution < 1.29 is 29.0 Å². The third kappa shape index (κ3) is 4.63. The van der Waals surface area contributed by atoms with Crippen molar-refractivity contribution in [3.63, 3.8) is 0 Å². The largest absolute Gasteiger partial charge is 0.506 e. The van der Waals surface area contributed by atoms with Crippen LogP contribution in [-0.2, 0) is 25.7 Å². The zero-order valence-corrected chi connectivity index (χ0v) is 21.7. The molecule has 1 aliphatic heterocycles. The number of hydrogen-bond donors (Lipinski definition) is 1. The van der Waals surface area contributed by atoms with Crippen molar-refractivity contribution in [3.05, 3.63) is 39.9 Å². The molecule has 9 heteroatoms. The number of allylic oxidation sites excluding steroid dienone is 2. The Hall–Kier alpha value is -3.36. The van der Waals surface area contributed by atoms with E-state index in [4.69, 9.17) is 9.47 Å². The Morgan fingerprint density at radius 1 is 1.06 bits per heavy atom. The summed E-state index contributed by atoms with van der Waals surface area (Å²) in [6, 6.07) is 0. The van der Waals surface area contributed by atoms with Crippen LogP contribution in [0.5, 0.6) is 5.88 Å². The SMILES string of the molecule is CCN1C=C(C)C(=C2C(=O)C(c3c(C)nn(CC)c3OCCCOC(=O)C(C)(C)CC)=C2O)C1=O. The lowest BCUT2D eigenvalue weighted by Gasteiger charge is -2.24. The number of aromatic nitrogens is 2. The highest BCUT2D eigenvalue weighted by molar-refractivity contribution is 6.41. The normalized spacial score (nSPS) is 18.3. The highest BCUT2D eigenvalue weighted by Gasteiger charge is 2.44. The van der Waals surface area contributed by atoms with E-state index >= 15 is 0 Å². The fraction of sp³-hybridized carbons (Fsp3) is 0.538. The first-order valence-electron chi connectivity index (χ1n) is 12.1. The molecule has 0 atom stereocenters. The highest BCUT2D eigenvalue weighted by Crippen LogP contribution is 2.45. The van der Waals surface area contributed by atoms with Crippen molar-refractivity contribution >= 4 is 23.2 Å². The Labute approximate surface area is 206 Å². The van der Waals surface area contributed by atoms with Gasteiger partial charge >= 0.3 is 5.97 Å². The van der Waals surface area contributed by atoms with Crippen LogP contribution in [0.2, 0.25) is 0 Å². The molecule has 0 aromatic carbocycles. The van der Waals surface area contributed by atoms with Gasteiger partial charge in [0, 0.05) is 25.7 Å². The number of esters is 1. The summed E-state index contributed by atoms with van der Waals surface area (Å²) in [5, 5.41) is 15.4. The third-order valence-electron chi connectivity index (χ3n) is 6.56. The van der Waals surface area contributed by atoms with Crippen LogP contribution >= 0.6 is 0 Å². The average Bonchev–Trinajstić information content (AvgIpc) is 3.29. The van der Waals surface area contributed by atoms with Crippen LogP contribution in [0.4, 0.5) is 0 Å². The molecule has 2 aliphatic rings. The standard InChI is InChI=1S/C26H35N3O6/c1-8-26(6,7)25(33)35-13-11-12-34-24-18(16(5)27-29(24)10-3)20-21(30)19(22(20)31)17-15(4)14-28(9-2)23(17)32/h14,30H,8-13H2,1-7H3. The molecule has 9 nitrogen and oxygen atoms in total. The lowest BCUT2D eigenvalue weighted by molar-refractivity contribution is -0.154. The van der Waals surface area contributed by atoms with Crippen LogP contribution in [0.15, 0.2) is 28.7 Å². The lowest BCUT2D eigenvalue weighted by atomic mass is 9.79. The minimum atomic E-state index is -0.533. The summed E-state index contributed by atoms with van der Waals surface area (Å²) in [7, 11) is 0. The van der Waals surface area contributed by atoms with Gasteiger partial charge in [-0.15, -0.1) is 0 Å². The summed E-state index contributed by atoms with van der Waals surface area (Å²) in [6.07, 6.45) is 2.83. The third-order valence-corrected chi connectivity index (χ3v) is 6.56. The molecule has 1 aliphatic carbocycles. The Morgan fingerprint density at radius 3 is 2.29 bits per heavy atom. The van der Waals surface area contributed by atoms with E-state index in [9.17, 15) is 19.5 Å². The van der Waals surface area contributed by atoms with Crippen LogP contribution in [0.25, 0.3) is 5.57 Å². The lowest BCUT2D eigenvalue weighted by Crippen LogP contribution is -2.28. The van der Waals surface area contributed by atoms with Gasteiger partial charge in [0.2, 0.25) is 11.7 Å². The van der Waals surface area contributed by atoms with Crippen LogP contribution in [-0.4, -0.2) is 57.2 Å². The van der Waals surface area contributed by atoms with Crippen molar-refractivity contribution in [3.8, 4) is 5.88 Å². The summed E-state index contributed by atoms with van der Waals surface area (Å²) in [5.74, 6) is -0.806. The van der Waals surface area contributed by atoms with E-state index in [0.29, 0.717) is 48.6 Å². The number of carbonyl (C=O) groups excluding carboxylic acids is 3. The van der Waals surface area contributed by atoms with Crippen LogP contribution < -0.4 is 4.74 Å². The maximum Gasteiger partial charge on any atom is 0.311 e. The summed E-state index contributed by atoms with van der Waals surface area (Å²) >= 11 is 0. The van der Waals surface area contributed by atoms with E-state index in [2.05, 4.69) is 5.10 Å². The van der Waals surface area contributed by atoms with Gasteiger partial charge < -0.3 is 19.5 Å². The predicted octanol–water partition coefficient (Wildman–Crippen LogP) is 3.87. The molecule has 1 amide bonds. The number of aryl methyl sites for hydroxylation is 2. The number of likely N-dealkylation sites (N-methyl/N-ethyl adjacent to an activating group) is 1. The van der Waals surface area contributed by atoms with Crippen molar-refractivity contribution in [2.45, 2.75) is 67.9 Å². The molecule has 0 saturated carbocycles. The Morgan fingerprint density at radius 2 is 1.74 bits per heavy atom. The average molecular weight is 486 g/mol. The zero-order chi connectivity index (χ0) is 26.1. The van der Waals surface area contributed by atoms with Crippen molar-refractivity contribution in [2.24, 2.45) is 5.41 Å². The number of rotatable bonds is 10. The van der Waals surface area contributed by atoms with E-state index in [-0.39, 0.29) is 47.6 Å². The topological polar surface area (TPSA) is 111 Å². The first-order chi connectivity index (χ1) is 16.5. The molecule has 1 N–H and O–H groups in total. The predicted molar refractivity (Wildman–Crippen MR) is 131 cm³/mol. The van der Waals surface area contributed by atoms with E-state index in [1.807, 2.05) is 34.6 Å². The Balaban J connectivity index is 1.82. The maximum atomic E-state index is 13.2. The molecule has 3 rings (SSSR count). The number of carbonyl (C=O) groups is 3. The molecule has 1 aromatic heterocycles. The molecule has 2 heterocycles. The quantitative estimate of drug-likeness (QED) is 0.304. The van der Waals surface area contributed by atoms with E-state index in [0.717, 1.165) is 0 Å². The Kier molecular flexibility index (Phi) is 7.57. The number of aliphatic hydroxyl groups excluding tert-OH is 1. The molecule has 0 fully saturated rings. The van der Waals surface area contributed by atoms with Gasteiger partial charge in [-0.2, -0.15) is 5.10 Å². The van der Waals surface area contributed by atoms with Gasteiger partial charge in [-0.05, 0) is 53.5 Å². The second kappa shape index (κ2) is 10.1. The fourth-order valence-electron chi connectivity index (χ4n) is 4.02. The number of hydrogen-bond acceptors (Lipinski definition) is 7. The number of nitrogens with zero attached hydrogens (tertiary/aromatic N) is 3. The van der Waals surface area contributed by atoms with Crippen LogP contribution in [0, 0.1) is 12.3 Å². The van der Waals surface area contributed by atoms with Crippen molar-refractivity contribution in [1.29, 1.82) is 0 Å². The van der Waals surface area contributed by atoms with E-state index in [1.165, 1.54) is 4.90 Å². The molecule has 35 heavy (non-hydrogen) atoms. The second-order valence-electron chi connectivity index (χ2n) is 9.36. The zero-order valence-electron chi connectivity index (χ0n) is 21.7. The Bertz CT molecular complexity index is 1150. The van der Waals surface area contributed by atoms with Gasteiger partial charge in [0.1, 0.15) is 5.76 Å². The van der Waals surface area contributed by atoms with Crippen LogP contribution in [0.3, 0.4) is 0 Å². The van der Waals surface area contributed by atoms with E-state index < -0.39 is 11.2 Å². The first kappa shape index (κ1) is 26.2. The second-order valence-corrected chi connectivity index (χ2v) is 9.36. The monoisotopic (exact) mass is 485 g/mol. The maximum absolute atomic E-state index is 13.2. The number of aliphatic hydroxyl groups is 1. The summed E-state index contributed by atoms with van der Waals surface area (Å²) < 4.78 is 13.0.